The van der Waals surface area contributed by atoms with Crippen molar-refractivity contribution < 1.29 is 0 Å². The average molecular weight is 414 g/mol. The average Bonchev–Trinajstić information content (AvgIpc) is 2.80. The number of aryl methyl sites for hydroxylation is 2. The molecule has 1 heterocycles. The highest BCUT2D eigenvalue weighted by Crippen LogP contribution is 2.38. The van der Waals surface area contributed by atoms with Crippen LogP contribution >= 0.6 is 0 Å². The van der Waals surface area contributed by atoms with Gasteiger partial charge in [-0.1, -0.05) is 63.9 Å². The minimum atomic E-state index is 0.757. The number of nitrogens with two attached hydrogens (primary N) is 1. The van der Waals surface area contributed by atoms with Gasteiger partial charge in [-0.25, -0.2) is 0 Å². The third kappa shape index (κ3) is 4.46. The first kappa shape index (κ1) is 22.5. The van der Waals surface area contributed by atoms with E-state index in [0.29, 0.717) is 0 Å². The normalized spacial score (nSPS) is 15.0. The van der Waals surface area contributed by atoms with Crippen LogP contribution in [0.5, 0.6) is 0 Å². The van der Waals surface area contributed by atoms with Gasteiger partial charge in [0, 0.05) is 36.5 Å². The van der Waals surface area contributed by atoms with Crippen molar-refractivity contribution in [1.29, 1.82) is 0 Å². The molecule has 0 fully saturated rings. The topological polar surface area (TPSA) is 41.3 Å². The molecule has 2 aromatic carbocycles. The van der Waals surface area contributed by atoms with Gasteiger partial charge < -0.3 is 16.0 Å². The summed E-state index contributed by atoms with van der Waals surface area (Å²) in [4.78, 5) is 2.33. The molecule has 0 radical (unpaired) electrons. The molecule has 0 bridgehead atoms. The molecule has 31 heavy (non-hydrogen) atoms. The highest BCUT2D eigenvalue weighted by molar-refractivity contribution is 5.66. The second-order valence-corrected chi connectivity index (χ2v) is 8.13. The van der Waals surface area contributed by atoms with Crippen molar-refractivity contribution in [2.24, 2.45) is 5.73 Å². The SMILES string of the molecule is C=C1C(=C)C(N2CCc3ccc(CNC(=C)c4ccc(C)c(C)c4)cc3C2)=C1N.CC. The molecule has 0 aromatic heterocycles. The van der Waals surface area contributed by atoms with Gasteiger partial charge >= 0.3 is 0 Å². The fraction of sp³-hybridized carbons (Fsp3) is 0.286. The number of nitrogens with zero attached hydrogens (tertiary/aromatic N) is 1. The summed E-state index contributed by atoms with van der Waals surface area (Å²) in [7, 11) is 0. The summed E-state index contributed by atoms with van der Waals surface area (Å²) in [6.07, 6.45) is 1.02. The Balaban J connectivity index is 0.00000132. The van der Waals surface area contributed by atoms with Crippen LogP contribution in [0.1, 0.15) is 47.2 Å². The van der Waals surface area contributed by atoms with Gasteiger partial charge in [0.05, 0.1) is 11.4 Å². The van der Waals surface area contributed by atoms with Crippen LogP contribution in [0, 0.1) is 13.8 Å². The van der Waals surface area contributed by atoms with Gasteiger partial charge in [0.2, 0.25) is 0 Å². The predicted octanol–water partition coefficient (Wildman–Crippen LogP) is 5.74. The molecule has 3 nitrogen and oxygen atoms in total. The van der Waals surface area contributed by atoms with E-state index in [1.807, 2.05) is 13.8 Å². The second-order valence-electron chi connectivity index (χ2n) is 8.13. The van der Waals surface area contributed by atoms with E-state index in [1.54, 1.807) is 0 Å². The van der Waals surface area contributed by atoms with Crippen LogP contribution in [-0.2, 0) is 19.5 Å². The number of hydrogen-bond acceptors (Lipinski definition) is 3. The van der Waals surface area contributed by atoms with Crippen molar-refractivity contribution in [3.05, 3.63) is 112 Å². The fourth-order valence-electron chi connectivity index (χ4n) is 4.06. The van der Waals surface area contributed by atoms with Gasteiger partial charge in [0.1, 0.15) is 0 Å². The first-order valence-electron chi connectivity index (χ1n) is 11.1. The molecular weight excluding hydrogens is 378 g/mol. The van der Waals surface area contributed by atoms with Gasteiger partial charge in [-0.3, -0.25) is 0 Å². The molecule has 1 aliphatic heterocycles. The van der Waals surface area contributed by atoms with Crippen molar-refractivity contribution in [3.63, 3.8) is 0 Å². The smallest absolute Gasteiger partial charge is 0.0683 e. The third-order valence-corrected chi connectivity index (χ3v) is 6.19. The monoisotopic (exact) mass is 413 g/mol. The Bertz CT molecular complexity index is 1070. The molecule has 3 heteroatoms. The number of allylic oxidation sites excluding steroid dienone is 2. The lowest BCUT2D eigenvalue weighted by molar-refractivity contribution is 0.320. The largest absolute Gasteiger partial charge is 0.397 e. The number of hydrogen-bond donors (Lipinski definition) is 2. The van der Waals surface area contributed by atoms with E-state index in [1.165, 1.54) is 27.8 Å². The van der Waals surface area contributed by atoms with Crippen LogP contribution in [0.25, 0.3) is 5.70 Å². The molecular formula is C28H35N3. The quantitative estimate of drug-likeness (QED) is 0.656. The van der Waals surface area contributed by atoms with Crippen molar-refractivity contribution >= 4 is 5.70 Å². The molecule has 0 spiro atoms. The predicted molar refractivity (Wildman–Crippen MR) is 133 cm³/mol. The second kappa shape index (κ2) is 9.30. The van der Waals surface area contributed by atoms with Gasteiger partial charge in [0.15, 0.2) is 0 Å². The van der Waals surface area contributed by atoms with Crippen LogP contribution in [0.3, 0.4) is 0 Å². The van der Waals surface area contributed by atoms with Gasteiger partial charge in [0.25, 0.3) is 0 Å². The van der Waals surface area contributed by atoms with Gasteiger partial charge in [-0.2, -0.15) is 0 Å². The molecule has 0 unspecified atom stereocenters. The molecule has 1 aliphatic carbocycles. The molecule has 0 atom stereocenters. The first-order chi connectivity index (χ1) is 14.8. The lowest BCUT2D eigenvalue weighted by atomic mass is 9.87. The summed E-state index contributed by atoms with van der Waals surface area (Å²) in [6, 6.07) is 13.2. The Hall–Kier alpha value is -3.20. The minimum absolute atomic E-state index is 0.757. The van der Waals surface area contributed by atoms with E-state index < -0.39 is 0 Å². The Morgan fingerprint density at radius 3 is 2.42 bits per heavy atom. The number of benzene rings is 2. The van der Waals surface area contributed by atoms with Crippen LogP contribution in [0.4, 0.5) is 0 Å². The Morgan fingerprint density at radius 1 is 1.00 bits per heavy atom. The zero-order valence-electron chi connectivity index (χ0n) is 19.4. The first-order valence-corrected chi connectivity index (χ1v) is 11.1. The van der Waals surface area contributed by atoms with Crippen molar-refractivity contribution in [3.8, 4) is 0 Å². The highest BCUT2D eigenvalue weighted by atomic mass is 15.2. The molecule has 3 N–H and O–H groups in total. The lowest BCUT2D eigenvalue weighted by Crippen LogP contribution is -2.37. The molecule has 162 valence electrons. The van der Waals surface area contributed by atoms with Crippen molar-refractivity contribution in [2.75, 3.05) is 6.54 Å². The van der Waals surface area contributed by atoms with E-state index in [-0.39, 0.29) is 0 Å². The zero-order chi connectivity index (χ0) is 22.7. The molecule has 4 rings (SSSR count). The van der Waals surface area contributed by atoms with Gasteiger partial charge in [-0.05, 0) is 59.7 Å². The van der Waals surface area contributed by atoms with E-state index >= 15 is 0 Å². The molecule has 2 aromatic rings. The Kier molecular flexibility index (Phi) is 6.74. The molecule has 0 saturated heterocycles. The van der Waals surface area contributed by atoms with E-state index in [2.05, 4.69) is 80.2 Å². The maximum absolute atomic E-state index is 6.15. The number of nitrogens with one attached hydrogen (secondary N) is 1. The molecule has 0 amide bonds. The van der Waals surface area contributed by atoms with E-state index in [0.717, 1.165) is 59.9 Å². The van der Waals surface area contributed by atoms with Crippen LogP contribution < -0.4 is 11.1 Å². The summed E-state index contributed by atoms with van der Waals surface area (Å²) < 4.78 is 0. The maximum atomic E-state index is 6.15. The third-order valence-electron chi connectivity index (χ3n) is 6.19. The van der Waals surface area contributed by atoms with Crippen molar-refractivity contribution in [1.82, 2.24) is 10.2 Å². The number of rotatable bonds is 5. The standard InChI is InChI=1S/C26H29N3.C2H6/c1-16-6-8-23(12-17(16)2)20(5)28-14-21-7-9-22-10-11-29(15-24(22)13-21)26-19(4)18(3)25(26)27;1-2/h6-9,12-13,28H,3-5,10-11,14-15,27H2,1-2H3;1-2H3. The Labute approximate surface area is 187 Å². The highest BCUT2D eigenvalue weighted by Gasteiger charge is 2.30. The van der Waals surface area contributed by atoms with E-state index in [4.69, 9.17) is 5.73 Å². The number of fused-ring (bicyclic) bond motifs is 1. The molecule has 0 saturated carbocycles. The summed E-state index contributed by atoms with van der Waals surface area (Å²) in [5.41, 5.74) is 18.6. The summed E-state index contributed by atoms with van der Waals surface area (Å²) in [5, 5.41) is 3.48. The van der Waals surface area contributed by atoms with Gasteiger partial charge in [-0.15, -0.1) is 0 Å². The van der Waals surface area contributed by atoms with E-state index in [9.17, 15) is 0 Å². The van der Waals surface area contributed by atoms with Crippen LogP contribution in [0.2, 0.25) is 0 Å². The summed E-state index contributed by atoms with van der Waals surface area (Å²) in [6.45, 7) is 23.2. The lowest BCUT2D eigenvalue weighted by Gasteiger charge is -2.39. The zero-order valence-corrected chi connectivity index (χ0v) is 19.4. The van der Waals surface area contributed by atoms with Crippen LogP contribution in [-0.4, -0.2) is 11.4 Å². The fourth-order valence-corrected chi connectivity index (χ4v) is 4.06. The minimum Gasteiger partial charge on any atom is -0.397 e. The van der Waals surface area contributed by atoms with Crippen LogP contribution in [0.15, 0.2) is 78.7 Å². The maximum Gasteiger partial charge on any atom is 0.0683 e. The van der Waals surface area contributed by atoms with Crippen molar-refractivity contribution in [2.45, 2.75) is 47.2 Å². The Morgan fingerprint density at radius 2 is 1.74 bits per heavy atom. The summed E-state index contributed by atoms with van der Waals surface area (Å²) >= 11 is 0. The molecule has 2 aliphatic rings. The summed E-state index contributed by atoms with van der Waals surface area (Å²) in [5.74, 6) is 0.